The number of nitrogens with two attached hydrogens (primary N) is 2. The molecule has 78 valence electrons. The van der Waals surface area contributed by atoms with Crippen LogP contribution in [0.4, 0.5) is 5.82 Å². The molecule has 0 aliphatic rings. The van der Waals surface area contributed by atoms with Gasteiger partial charge >= 0.3 is 0 Å². The Bertz CT molecular complexity index is 488. The molecule has 15 heavy (non-hydrogen) atoms. The Kier molecular flexibility index (Phi) is 2.69. The molecule has 1 heterocycles. The average Bonchev–Trinajstić information content (AvgIpc) is 2.61. The molecule has 0 amide bonds. The Morgan fingerprint density at radius 1 is 1.40 bits per heavy atom. The van der Waals surface area contributed by atoms with E-state index in [2.05, 4.69) is 5.16 Å². The van der Waals surface area contributed by atoms with Crippen molar-refractivity contribution in [3.63, 3.8) is 0 Å². The molecule has 0 unspecified atom stereocenters. The van der Waals surface area contributed by atoms with E-state index < -0.39 is 0 Å². The van der Waals surface area contributed by atoms with Gasteiger partial charge in [-0.1, -0.05) is 23.4 Å². The number of aromatic nitrogens is 1. The number of benzene rings is 1. The van der Waals surface area contributed by atoms with E-state index in [1.807, 2.05) is 30.4 Å². The van der Waals surface area contributed by atoms with Crippen molar-refractivity contribution < 1.29 is 4.52 Å². The Labute approximate surface area is 87.5 Å². The minimum atomic E-state index is 0.430. The van der Waals surface area contributed by atoms with Gasteiger partial charge in [0, 0.05) is 0 Å². The zero-order valence-corrected chi connectivity index (χ0v) is 8.31. The molecule has 0 aliphatic heterocycles. The lowest BCUT2D eigenvalue weighted by Gasteiger charge is -1.93. The number of anilines is 1. The highest BCUT2D eigenvalue weighted by atomic mass is 16.5. The lowest BCUT2D eigenvalue weighted by molar-refractivity contribution is 0.460. The third-order valence-corrected chi connectivity index (χ3v) is 2.17. The molecule has 1 aromatic heterocycles. The summed E-state index contributed by atoms with van der Waals surface area (Å²) in [6.07, 6.45) is 4.92. The highest BCUT2D eigenvalue weighted by Crippen LogP contribution is 2.21. The second kappa shape index (κ2) is 4.14. The highest BCUT2D eigenvalue weighted by Gasteiger charge is 2.03. The molecule has 0 spiro atoms. The molecule has 0 atom stereocenters. The average molecular weight is 203 g/mol. The number of nitrogens with zero attached hydrogens (tertiary/aromatic N) is 1. The predicted molar refractivity (Wildman–Crippen MR) is 61.1 cm³/mol. The smallest absolute Gasteiger partial charge is 0.174 e. The quantitative estimate of drug-likeness (QED) is 0.796. The van der Waals surface area contributed by atoms with Gasteiger partial charge in [-0.3, -0.25) is 0 Å². The van der Waals surface area contributed by atoms with E-state index in [1.54, 1.807) is 0 Å². The molecule has 0 fully saturated rings. The van der Waals surface area contributed by atoms with Crippen molar-refractivity contribution in [2.24, 2.45) is 5.73 Å². The van der Waals surface area contributed by atoms with Gasteiger partial charge in [0.2, 0.25) is 0 Å². The van der Waals surface area contributed by atoms with E-state index in [1.165, 1.54) is 0 Å². The minimum Gasteiger partial charge on any atom is -0.380 e. The number of hydrogen-bond donors (Lipinski definition) is 2. The zero-order valence-electron chi connectivity index (χ0n) is 8.31. The molecule has 2 rings (SSSR count). The second-order valence-electron chi connectivity index (χ2n) is 3.30. The lowest BCUT2D eigenvalue weighted by atomic mass is 10.1. The Balaban J connectivity index is 2.33. The van der Waals surface area contributed by atoms with Gasteiger partial charge in [-0.05, 0) is 30.7 Å². The summed E-state index contributed by atoms with van der Waals surface area (Å²) < 4.78 is 5.01. The van der Waals surface area contributed by atoms with Crippen LogP contribution in [0.5, 0.6) is 0 Å². The lowest BCUT2D eigenvalue weighted by Crippen LogP contribution is -1.94. The molecule has 0 saturated carbocycles. The summed E-state index contributed by atoms with van der Waals surface area (Å²) in [5.41, 5.74) is 12.8. The maximum atomic E-state index is 5.65. The monoisotopic (exact) mass is 203 g/mol. The van der Waals surface area contributed by atoms with Crippen LogP contribution >= 0.6 is 0 Å². The molecule has 0 bridgehead atoms. The summed E-state index contributed by atoms with van der Waals surface area (Å²) in [4.78, 5) is 0. The van der Waals surface area contributed by atoms with Crippen molar-refractivity contribution in [1.82, 2.24) is 5.16 Å². The van der Waals surface area contributed by atoms with E-state index in [0.717, 1.165) is 17.4 Å². The first-order valence-corrected chi connectivity index (χ1v) is 4.83. The first kappa shape index (κ1) is 9.73. The zero-order chi connectivity index (χ0) is 10.7. The summed E-state index contributed by atoms with van der Waals surface area (Å²) in [5, 5.41) is 4.54. The summed E-state index contributed by atoms with van der Waals surface area (Å²) in [6.45, 7) is 0.661. The van der Waals surface area contributed by atoms with E-state index >= 15 is 0 Å². The third-order valence-electron chi connectivity index (χ3n) is 2.17. The van der Waals surface area contributed by atoms with Crippen molar-refractivity contribution in [2.45, 2.75) is 6.42 Å². The predicted octanol–water partition coefficient (Wildman–Crippen LogP) is 1.77. The fraction of sp³-hybridized carbons (Fsp3) is 0.182. The van der Waals surface area contributed by atoms with Crippen LogP contribution in [0.25, 0.3) is 17.0 Å². The van der Waals surface area contributed by atoms with Crippen LogP contribution in [-0.2, 0) is 0 Å². The van der Waals surface area contributed by atoms with E-state index in [0.29, 0.717) is 17.9 Å². The van der Waals surface area contributed by atoms with Gasteiger partial charge in [0.1, 0.15) is 0 Å². The van der Waals surface area contributed by atoms with Gasteiger partial charge in [0.05, 0.1) is 5.39 Å². The number of fused-ring (bicyclic) bond motifs is 1. The minimum absolute atomic E-state index is 0.430. The van der Waals surface area contributed by atoms with Gasteiger partial charge in [-0.2, -0.15) is 0 Å². The van der Waals surface area contributed by atoms with Crippen LogP contribution in [0.15, 0.2) is 28.8 Å². The van der Waals surface area contributed by atoms with Crippen molar-refractivity contribution in [3.05, 3.63) is 29.8 Å². The van der Waals surface area contributed by atoms with E-state index in [4.69, 9.17) is 16.0 Å². The molecular weight excluding hydrogens is 190 g/mol. The molecule has 0 saturated heterocycles. The number of nitrogen functional groups attached to an aromatic ring is 1. The molecule has 4 nitrogen and oxygen atoms in total. The van der Waals surface area contributed by atoms with Crippen LogP contribution in [0.3, 0.4) is 0 Å². The fourth-order valence-corrected chi connectivity index (χ4v) is 1.39. The normalized spacial score (nSPS) is 11.5. The highest BCUT2D eigenvalue weighted by molar-refractivity contribution is 5.88. The summed E-state index contributed by atoms with van der Waals surface area (Å²) in [5.74, 6) is 0.430. The molecule has 2 aromatic rings. The molecule has 4 N–H and O–H groups in total. The van der Waals surface area contributed by atoms with E-state index in [-0.39, 0.29) is 0 Å². The maximum Gasteiger partial charge on any atom is 0.174 e. The van der Waals surface area contributed by atoms with Gasteiger partial charge in [0.25, 0.3) is 0 Å². The fourth-order valence-electron chi connectivity index (χ4n) is 1.39. The van der Waals surface area contributed by atoms with Crippen LogP contribution in [0, 0.1) is 0 Å². The molecular formula is C11H13N3O. The van der Waals surface area contributed by atoms with Gasteiger partial charge in [-0.15, -0.1) is 0 Å². The third kappa shape index (κ3) is 1.99. The topological polar surface area (TPSA) is 78.1 Å². The van der Waals surface area contributed by atoms with Crippen molar-refractivity contribution in [1.29, 1.82) is 0 Å². The largest absolute Gasteiger partial charge is 0.380 e. The molecule has 1 aromatic carbocycles. The SMILES string of the molecule is NCCC=Cc1ccc2onc(N)c2c1. The van der Waals surface area contributed by atoms with Crippen LogP contribution in [0.1, 0.15) is 12.0 Å². The van der Waals surface area contributed by atoms with Gasteiger partial charge in [0.15, 0.2) is 11.4 Å². The number of hydrogen-bond acceptors (Lipinski definition) is 4. The Morgan fingerprint density at radius 3 is 3.07 bits per heavy atom. The van der Waals surface area contributed by atoms with Crippen molar-refractivity contribution in [2.75, 3.05) is 12.3 Å². The Hall–Kier alpha value is -1.81. The van der Waals surface area contributed by atoms with Gasteiger partial charge in [-0.25, -0.2) is 0 Å². The van der Waals surface area contributed by atoms with Crippen molar-refractivity contribution in [3.8, 4) is 0 Å². The van der Waals surface area contributed by atoms with Gasteiger partial charge < -0.3 is 16.0 Å². The Morgan fingerprint density at radius 2 is 2.27 bits per heavy atom. The summed E-state index contributed by atoms with van der Waals surface area (Å²) in [6, 6.07) is 5.77. The number of rotatable bonds is 3. The standard InChI is InChI=1S/C11H13N3O/c12-6-2-1-3-8-4-5-10-9(7-8)11(13)14-15-10/h1,3-5,7H,2,6,12H2,(H2,13,14). The maximum absolute atomic E-state index is 5.65. The first-order valence-electron chi connectivity index (χ1n) is 4.83. The van der Waals surface area contributed by atoms with Crippen LogP contribution < -0.4 is 11.5 Å². The molecule has 4 heteroatoms. The van der Waals surface area contributed by atoms with E-state index in [9.17, 15) is 0 Å². The second-order valence-corrected chi connectivity index (χ2v) is 3.30. The summed E-state index contributed by atoms with van der Waals surface area (Å²) >= 11 is 0. The molecule has 0 radical (unpaired) electrons. The van der Waals surface area contributed by atoms with Crippen LogP contribution in [0.2, 0.25) is 0 Å². The summed E-state index contributed by atoms with van der Waals surface area (Å²) in [7, 11) is 0. The van der Waals surface area contributed by atoms with Crippen LogP contribution in [-0.4, -0.2) is 11.7 Å². The first-order chi connectivity index (χ1) is 7.31. The molecule has 0 aliphatic carbocycles. The van der Waals surface area contributed by atoms with Crippen molar-refractivity contribution >= 4 is 22.9 Å².